The second-order valence-electron chi connectivity index (χ2n) is 5.56. The van der Waals surface area contributed by atoms with Crippen LogP contribution in [-0.2, 0) is 14.2 Å². The van der Waals surface area contributed by atoms with E-state index < -0.39 is 68.0 Å². The van der Waals surface area contributed by atoms with Gasteiger partial charge in [-0.1, -0.05) is 0 Å². The van der Waals surface area contributed by atoms with E-state index in [4.69, 9.17) is 24.4 Å². The smallest absolute Gasteiger partial charge is 0.209 e. The number of ether oxygens (including phenoxy) is 3. The maximum atomic E-state index is 10.1. The van der Waals surface area contributed by atoms with E-state index in [0.29, 0.717) is 0 Å². The molecule has 2 rings (SSSR count). The first kappa shape index (κ1) is 19.3. The van der Waals surface area contributed by atoms with Gasteiger partial charge < -0.3 is 50.0 Å². The molecule has 2 saturated heterocycles. The Balaban J connectivity index is 2.18. The average Bonchev–Trinajstić information content (AvgIpc) is 2.80. The molecule has 0 aliphatic carbocycles. The minimum absolute atomic E-state index is 0.267. The molecule has 0 aromatic rings. The van der Waals surface area contributed by atoms with E-state index in [1.807, 2.05) is 0 Å². The lowest BCUT2D eigenvalue weighted by Crippen LogP contribution is -2.62. The minimum Gasteiger partial charge on any atom is -0.394 e. The van der Waals surface area contributed by atoms with Gasteiger partial charge in [-0.3, -0.25) is 0 Å². The lowest BCUT2D eigenvalue weighted by atomic mass is 9.99. The van der Waals surface area contributed by atoms with Gasteiger partial charge >= 0.3 is 0 Å². The molecule has 7 N–H and O–H groups in total. The summed E-state index contributed by atoms with van der Waals surface area (Å²) in [4.78, 5) is 0. The number of rotatable bonds is 5. The molecule has 23 heavy (non-hydrogen) atoms. The highest BCUT2D eigenvalue weighted by Crippen LogP contribution is 2.36. The van der Waals surface area contributed by atoms with Crippen molar-refractivity contribution < 1.29 is 50.0 Å². The van der Waals surface area contributed by atoms with Crippen LogP contribution in [0.3, 0.4) is 0 Å². The predicted octanol–water partition coefficient (Wildman–Crippen LogP) is -4.46. The van der Waals surface area contributed by atoms with E-state index in [9.17, 15) is 25.5 Å². The summed E-state index contributed by atoms with van der Waals surface area (Å²) in [6, 6.07) is 0. The van der Waals surface area contributed by atoms with Gasteiger partial charge in [0.15, 0.2) is 6.29 Å². The average molecular weight is 358 g/mol. The fourth-order valence-corrected chi connectivity index (χ4v) is 2.97. The third kappa shape index (κ3) is 3.37. The Morgan fingerprint density at radius 3 is 1.96 bits per heavy atom. The Morgan fingerprint density at radius 1 is 0.870 bits per heavy atom. The van der Waals surface area contributed by atoms with E-state index in [2.05, 4.69) is 12.6 Å². The zero-order chi connectivity index (χ0) is 17.4. The van der Waals surface area contributed by atoms with Crippen LogP contribution in [0.5, 0.6) is 0 Å². The molecule has 0 spiro atoms. The standard InChI is InChI=1S/C12H22O10S/c13-1-4-6(15)8(17)9(18)11(20-4)22-12(3-23)10(19)7(16)5(2-14)21-12/h4-11,13-19,23H,1-3H2/t4-,5-,6-,7-,8+,9-,10+,11-,12+/m1/s1. The van der Waals surface area contributed by atoms with Crippen molar-refractivity contribution in [3.05, 3.63) is 0 Å². The zero-order valence-electron chi connectivity index (χ0n) is 12.0. The van der Waals surface area contributed by atoms with Crippen LogP contribution in [0.25, 0.3) is 0 Å². The maximum Gasteiger partial charge on any atom is 0.209 e. The van der Waals surface area contributed by atoms with Gasteiger partial charge in [0.05, 0.1) is 13.2 Å². The largest absolute Gasteiger partial charge is 0.394 e. The van der Waals surface area contributed by atoms with Gasteiger partial charge in [0.25, 0.3) is 0 Å². The Labute approximate surface area is 137 Å². The molecule has 0 saturated carbocycles. The van der Waals surface area contributed by atoms with Crippen molar-refractivity contribution in [1.82, 2.24) is 0 Å². The molecular formula is C12H22O10S. The van der Waals surface area contributed by atoms with Crippen LogP contribution < -0.4 is 0 Å². The molecule has 11 heteroatoms. The summed E-state index contributed by atoms with van der Waals surface area (Å²) < 4.78 is 15.9. The Bertz CT molecular complexity index is 398. The SMILES string of the molecule is OC[C@H]1O[C@@](CS)(O[C@H]2O[C@H](CO)[C@@H](O)[C@H](O)[C@H]2O)[C@@H](O)[C@@H]1O. The van der Waals surface area contributed by atoms with Crippen LogP contribution in [0, 0.1) is 0 Å². The number of aliphatic hydroxyl groups excluding tert-OH is 7. The second-order valence-corrected chi connectivity index (χ2v) is 5.88. The third-order valence-electron chi connectivity index (χ3n) is 4.07. The highest BCUT2D eigenvalue weighted by Gasteiger charge is 2.57. The van der Waals surface area contributed by atoms with Crippen molar-refractivity contribution in [3.63, 3.8) is 0 Å². The normalized spacial score (nSPS) is 51.1. The Kier molecular flexibility index (Phi) is 6.25. The highest BCUT2D eigenvalue weighted by molar-refractivity contribution is 7.80. The third-order valence-corrected chi connectivity index (χ3v) is 4.51. The monoisotopic (exact) mass is 358 g/mol. The van der Waals surface area contributed by atoms with Crippen LogP contribution in [0.1, 0.15) is 0 Å². The first-order chi connectivity index (χ1) is 10.8. The number of hydrogen-bond acceptors (Lipinski definition) is 11. The van der Waals surface area contributed by atoms with Crippen molar-refractivity contribution in [1.29, 1.82) is 0 Å². The second kappa shape index (κ2) is 7.45. The first-order valence-corrected chi connectivity index (χ1v) is 7.68. The molecule has 0 amide bonds. The van der Waals surface area contributed by atoms with E-state index >= 15 is 0 Å². The maximum absolute atomic E-state index is 10.1. The molecule has 2 heterocycles. The lowest BCUT2D eigenvalue weighted by Gasteiger charge is -2.43. The van der Waals surface area contributed by atoms with E-state index in [1.165, 1.54) is 0 Å². The molecule has 2 aliphatic heterocycles. The number of hydrogen-bond donors (Lipinski definition) is 8. The Hall–Kier alpha value is -0.0500. The molecule has 0 radical (unpaired) electrons. The van der Waals surface area contributed by atoms with Crippen LogP contribution in [0.2, 0.25) is 0 Å². The van der Waals surface area contributed by atoms with E-state index in [1.54, 1.807) is 0 Å². The highest BCUT2D eigenvalue weighted by atomic mass is 32.1. The Morgan fingerprint density at radius 2 is 1.48 bits per heavy atom. The predicted molar refractivity (Wildman–Crippen MR) is 75.4 cm³/mol. The summed E-state index contributed by atoms with van der Waals surface area (Å²) in [5, 5.41) is 67.6. The molecule has 0 aromatic heterocycles. The van der Waals surface area contributed by atoms with Gasteiger partial charge in [-0.2, -0.15) is 12.6 Å². The minimum atomic E-state index is -1.91. The van der Waals surface area contributed by atoms with Gasteiger partial charge in [-0.25, -0.2) is 0 Å². The number of aliphatic hydroxyl groups is 7. The van der Waals surface area contributed by atoms with Crippen molar-refractivity contribution in [2.45, 2.75) is 54.8 Å². The summed E-state index contributed by atoms with van der Waals surface area (Å²) in [5.74, 6) is -2.18. The topological polar surface area (TPSA) is 169 Å². The summed E-state index contributed by atoms with van der Waals surface area (Å²) in [6.07, 6.45) is -11.9. The van der Waals surface area contributed by atoms with Gasteiger partial charge in [0.1, 0.15) is 42.7 Å². The summed E-state index contributed by atoms with van der Waals surface area (Å²) >= 11 is 3.99. The van der Waals surface area contributed by atoms with E-state index in [0.717, 1.165) is 0 Å². The lowest BCUT2D eigenvalue weighted by molar-refractivity contribution is -0.371. The molecule has 136 valence electrons. The van der Waals surface area contributed by atoms with E-state index in [-0.39, 0.29) is 5.75 Å². The molecule has 0 bridgehead atoms. The van der Waals surface area contributed by atoms with Crippen LogP contribution in [-0.4, -0.2) is 110 Å². The van der Waals surface area contributed by atoms with Crippen molar-refractivity contribution in [3.8, 4) is 0 Å². The zero-order valence-corrected chi connectivity index (χ0v) is 12.9. The molecule has 2 fully saturated rings. The molecule has 0 unspecified atom stereocenters. The summed E-state index contributed by atoms with van der Waals surface area (Å²) in [7, 11) is 0. The fraction of sp³-hybridized carbons (Fsp3) is 1.00. The van der Waals surface area contributed by atoms with Gasteiger partial charge in [0, 0.05) is 5.75 Å². The molecular weight excluding hydrogens is 336 g/mol. The number of thiol groups is 1. The summed E-state index contributed by atoms with van der Waals surface area (Å²) in [6.45, 7) is -1.24. The van der Waals surface area contributed by atoms with Crippen molar-refractivity contribution in [2.24, 2.45) is 0 Å². The van der Waals surface area contributed by atoms with Gasteiger partial charge in [-0.15, -0.1) is 0 Å². The molecule has 9 atom stereocenters. The van der Waals surface area contributed by atoms with Crippen molar-refractivity contribution >= 4 is 12.6 Å². The summed E-state index contributed by atoms with van der Waals surface area (Å²) in [5.41, 5.74) is 0. The first-order valence-electron chi connectivity index (χ1n) is 7.05. The van der Waals surface area contributed by atoms with Crippen LogP contribution in [0.15, 0.2) is 0 Å². The van der Waals surface area contributed by atoms with Gasteiger partial charge in [-0.05, 0) is 0 Å². The molecule has 2 aliphatic rings. The quantitative estimate of drug-likeness (QED) is 0.224. The van der Waals surface area contributed by atoms with Crippen LogP contribution >= 0.6 is 12.6 Å². The molecule has 0 aromatic carbocycles. The molecule has 10 nitrogen and oxygen atoms in total. The van der Waals surface area contributed by atoms with Crippen LogP contribution in [0.4, 0.5) is 0 Å². The van der Waals surface area contributed by atoms with Crippen molar-refractivity contribution in [2.75, 3.05) is 19.0 Å². The van der Waals surface area contributed by atoms with Gasteiger partial charge in [0.2, 0.25) is 5.79 Å². The fourth-order valence-electron chi connectivity index (χ4n) is 2.63.